The predicted molar refractivity (Wildman–Crippen MR) is 123 cm³/mol. The Kier molecular flexibility index (Phi) is 7.91. The number of fused-ring (bicyclic) bond motifs is 2. The number of carbonyl (C=O) groups is 2. The molecule has 3 aliphatic rings. The van der Waals surface area contributed by atoms with Gasteiger partial charge in [0.05, 0.1) is 18.8 Å². The SMILES string of the molecule is CCCCC[C@@H](O)CC[C@@H]1[C@H]2Cc3cccc(OCC(=O)N4CCOC4=O)c3C[C@H]2C[C@H]1O. The van der Waals surface area contributed by atoms with E-state index in [4.69, 9.17) is 9.47 Å². The largest absolute Gasteiger partial charge is 0.483 e. The molecule has 1 aromatic rings. The number of rotatable bonds is 10. The van der Waals surface area contributed by atoms with Gasteiger partial charge in [-0.05, 0) is 73.5 Å². The lowest BCUT2D eigenvalue weighted by molar-refractivity contribution is -0.129. The monoisotopic (exact) mass is 459 g/mol. The van der Waals surface area contributed by atoms with Gasteiger partial charge >= 0.3 is 6.09 Å². The number of aliphatic hydroxyl groups excluding tert-OH is 2. The van der Waals surface area contributed by atoms with Crippen LogP contribution in [-0.4, -0.2) is 59.1 Å². The Morgan fingerprint density at radius 3 is 2.88 bits per heavy atom. The van der Waals surface area contributed by atoms with Crippen molar-refractivity contribution in [3.8, 4) is 5.75 Å². The van der Waals surface area contributed by atoms with Crippen molar-refractivity contribution < 1.29 is 29.3 Å². The van der Waals surface area contributed by atoms with E-state index in [9.17, 15) is 19.8 Å². The Labute approximate surface area is 196 Å². The Morgan fingerprint density at radius 1 is 1.27 bits per heavy atom. The average molecular weight is 460 g/mol. The van der Waals surface area contributed by atoms with Crippen LogP contribution in [0.2, 0.25) is 0 Å². The molecule has 2 aliphatic carbocycles. The minimum atomic E-state index is -0.608. The first-order valence-corrected chi connectivity index (χ1v) is 12.5. The Hall–Kier alpha value is -2.12. The molecule has 4 rings (SSSR count). The topological polar surface area (TPSA) is 96.3 Å². The maximum absolute atomic E-state index is 12.3. The summed E-state index contributed by atoms with van der Waals surface area (Å²) in [6.45, 7) is 2.47. The van der Waals surface area contributed by atoms with Crippen molar-refractivity contribution in [1.82, 2.24) is 4.90 Å². The number of carbonyl (C=O) groups excluding carboxylic acids is 2. The van der Waals surface area contributed by atoms with Crippen LogP contribution in [0.1, 0.15) is 63.0 Å². The number of amides is 2. The molecule has 0 unspecified atom stereocenters. The van der Waals surface area contributed by atoms with Crippen molar-refractivity contribution >= 4 is 12.0 Å². The van der Waals surface area contributed by atoms with Crippen molar-refractivity contribution in [3.05, 3.63) is 29.3 Å². The molecule has 7 heteroatoms. The second kappa shape index (κ2) is 10.9. The van der Waals surface area contributed by atoms with E-state index < -0.39 is 12.0 Å². The van der Waals surface area contributed by atoms with Gasteiger partial charge in [0.25, 0.3) is 5.91 Å². The van der Waals surface area contributed by atoms with Crippen LogP contribution < -0.4 is 4.74 Å². The molecular formula is C26H37NO6. The van der Waals surface area contributed by atoms with E-state index in [-0.39, 0.29) is 37.9 Å². The molecule has 0 aromatic heterocycles. The molecule has 182 valence electrons. The highest BCUT2D eigenvalue weighted by Crippen LogP contribution is 2.48. The molecule has 1 saturated carbocycles. The van der Waals surface area contributed by atoms with Crippen molar-refractivity contribution in [2.24, 2.45) is 17.8 Å². The van der Waals surface area contributed by atoms with E-state index in [0.29, 0.717) is 17.6 Å². The van der Waals surface area contributed by atoms with Gasteiger partial charge in [-0.2, -0.15) is 0 Å². The Balaban J connectivity index is 1.36. The summed E-state index contributed by atoms with van der Waals surface area (Å²) in [4.78, 5) is 25.0. The number of imide groups is 1. The molecule has 2 amide bonds. The molecule has 1 saturated heterocycles. The fourth-order valence-corrected chi connectivity index (χ4v) is 5.94. The second-order valence-corrected chi connectivity index (χ2v) is 9.87. The van der Waals surface area contributed by atoms with Crippen molar-refractivity contribution in [2.75, 3.05) is 19.8 Å². The third kappa shape index (κ3) is 5.52. The van der Waals surface area contributed by atoms with Crippen LogP contribution in [0.15, 0.2) is 18.2 Å². The van der Waals surface area contributed by atoms with Crippen LogP contribution in [0.25, 0.3) is 0 Å². The highest BCUT2D eigenvalue weighted by molar-refractivity contribution is 5.93. The molecule has 0 spiro atoms. The first-order chi connectivity index (χ1) is 16.0. The third-order valence-electron chi connectivity index (χ3n) is 7.73. The summed E-state index contributed by atoms with van der Waals surface area (Å²) < 4.78 is 10.7. The molecule has 5 atom stereocenters. The summed E-state index contributed by atoms with van der Waals surface area (Å²) in [5.41, 5.74) is 2.33. The molecular weight excluding hydrogens is 422 g/mol. The number of hydrogen-bond donors (Lipinski definition) is 2. The van der Waals surface area contributed by atoms with Gasteiger partial charge in [0.2, 0.25) is 0 Å². The van der Waals surface area contributed by atoms with E-state index in [0.717, 1.165) is 68.3 Å². The number of nitrogens with zero attached hydrogens (tertiary/aromatic N) is 1. The zero-order valence-electron chi connectivity index (χ0n) is 19.6. The molecule has 2 N–H and O–H groups in total. The fourth-order valence-electron chi connectivity index (χ4n) is 5.94. The highest BCUT2D eigenvalue weighted by Gasteiger charge is 2.45. The first kappa shape index (κ1) is 24.0. The summed E-state index contributed by atoms with van der Waals surface area (Å²) in [7, 11) is 0. The summed E-state index contributed by atoms with van der Waals surface area (Å²) in [5.74, 6) is 1.31. The van der Waals surface area contributed by atoms with Crippen molar-refractivity contribution in [3.63, 3.8) is 0 Å². The molecule has 0 radical (unpaired) electrons. The van der Waals surface area contributed by atoms with Crippen LogP contribution in [0, 0.1) is 17.8 Å². The summed E-state index contributed by atoms with van der Waals surface area (Å²) in [6, 6.07) is 5.94. The molecule has 0 bridgehead atoms. The van der Waals surface area contributed by atoms with E-state index in [1.807, 2.05) is 12.1 Å². The fraction of sp³-hybridized carbons (Fsp3) is 0.692. The van der Waals surface area contributed by atoms with Gasteiger partial charge in [-0.25, -0.2) is 9.69 Å². The minimum absolute atomic E-state index is 0.194. The molecule has 7 nitrogen and oxygen atoms in total. The maximum Gasteiger partial charge on any atom is 0.416 e. The van der Waals surface area contributed by atoms with Crippen LogP contribution in [0.3, 0.4) is 0 Å². The second-order valence-electron chi connectivity index (χ2n) is 9.87. The van der Waals surface area contributed by atoms with Gasteiger partial charge in [0.15, 0.2) is 6.61 Å². The first-order valence-electron chi connectivity index (χ1n) is 12.5. The molecule has 33 heavy (non-hydrogen) atoms. The lowest BCUT2D eigenvalue weighted by atomic mass is 9.73. The summed E-state index contributed by atoms with van der Waals surface area (Å²) >= 11 is 0. The van der Waals surface area contributed by atoms with Crippen LogP contribution in [0.4, 0.5) is 4.79 Å². The Morgan fingerprint density at radius 2 is 2.12 bits per heavy atom. The van der Waals surface area contributed by atoms with Crippen molar-refractivity contribution in [2.45, 2.75) is 76.9 Å². The number of ether oxygens (including phenoxy) is 2. The zero-order chi connectivity index (χ0) is 23.4. The van der Waals surface area contributed by atoms with Crippen molar-refractivity contribution in [1.29, 1.82) is 0 Å². The van der Waals surface area contributed by atoms with E-state index in [1.165, 1.54) is 5.56 Å². The molecule has 1 heterocycles. The summed E-state index contributed by atoms with van der Waals surface area (Å²) in [6.07, 6.45) is 7.11. The highest BCUT2D eigenvalue weighted by atomic mass is 16.6. The normalized spacial score (nSPS) is 27.1. The number of aliphatic hydroxyl groups is 2. The van der Waals surface area contributed by atoms with E-state index in [2.05, 4.69) is 13.0 Å². The standard InChI is InChI=1S/C26H37NO6/c1-2-3-4-7-19(28)9-10-20-21-13-17-6-5-8-24(22(17)14-18(21)15-23(20)29)33-16-25(30)27-11-12-32-26(27)31/h5-6,8,18-21,23,28-29H,2-4,7,9-16H2,1H3/t18-,19+,20+,21-,23+/m0/s1. The number of cyclic esters (lactones) is 1. The van der Waals surface area contributed by atoms with Gasteiger partial charge in [0.1, 0.15) is 12.4 Å². The predicted octanol–water partition coefficient (Wildman–Crippen LogP) is 3.48. The molecule has 1 aliphatic heterocycles. The smallest absolute Gasteiger partial charge is 0.416 e. The molecule has 2 fully saturated rings. The lowest BCUT2D eigenvalue weighted by Gasteiger charge is -2.32. The van der Waals surface area contributed by atoms with Crippen LogP contribution in [0.5, 0.6) is 5.75 Å². The van der Waals surface area contributed by atoms with Crippen LogP contribution in [-0.2, 0) is 22.4 Å². The quantitative estimate of drug-likeness (QED) is 0.520. The van der Waals surface area contributed by atoms with E-state index >= 15 is 0 Å². The zero-order valence-corrected chi connectivity index (χ0v) is 19.6. The lowest BCUT2D eigenvalue weighted by Crippen LogP contribution is -2.35. The van der Waals surface area contributed by atoms with E-state index in [1.54, 1.807) is 0 Å². The minimum Gasteiger partial charge on any atom is -0.483 e. The number of benzene rings is 1. The van der Waals surface area contributed by atoms with Gasteiger partial charge in [-0.3, -0.25) is 4.79 Å². The third-order valence-corrected chi connectivity index (χ3v) is 7.73. The maximum atomic E-state index is 12.3. The number of hydrogen-bond acceptors (Lipinski definition) is 6. The Bertz CT molecular complexity index is 842. The van der Waals surface area contributed by atoms with Gasteiger partial charge in [-0.1, -0.05) is 38.3 Å². The number of unbranched alkanes of at least 4 members (excludes halogenated alkanes) is 2. The van der Waals surface area contributed by atoms with Crippen LogP contribution >= 0.6 is 0 Å². The summed E-state index contributed by atoms with van der Waals surface area (Å²) in [5, 5.41) is 21.2. The average Bonchev–Trinajstić information content (AvgIpc) is 3.36. The molecule has 1 aromatic carbocycles. The van der Waals surface area contributed by atoms with Gasteiger partial charge in [0, 0.05) is 0 Å². The van der Waals surface area contributed by atoms with Gasteiger partial charge < -0.3 is 19.7 Å². The van der Waals surface area contributed by atoms with Gasteiger partial charge in [-0.15, -0.1) is 0 Å².